The van der Waals surface area contributed by atoms with Crippen LogP contribution in [0.25, 0.3) is 0 Å². The second-order valence-corrected chi connectivity index (χ2v) is 7.42. The van der Waals surface area contributed by atoms with Gasteiger partial charge in [-0.1, -0.05) is 35.5 Å². The molecule has 5 rings (SSSR count). The first-order valence-corrected chi connectivity index (χ1v) is 9.93. The molecule has 0 saturated carbocycles. The highest BCUT2D eigenvalue weighted by atomic mass is 16.5. The van der Waals surface area contributed by atoms with E-state index in [-0.39, 0.29) is 24.3 Å². The zero-order valence-corrected chi connectivity index (χ0v) is 16.7. The molecule has 9 nitrogen and oxygen atoms in total. The molecule has 1 aromatic heterocycles. The maximum atomic E-state index is 13.3. The molecule has 9 heteroatoms. The van der Waals surface area contributed by atoms with Crippen LogP contribution in [0.1, 0.15) is 44.2 Å². The number of carbonyl (C=O) groups is 3. The zero-order valence-electron chi connectivity index (χ0n) is 16.7. The molecule has 3 amide bonds. The van der Waals surface area contributed by atoms with Crippen molar-refractivity contribution in [3.8, 4) is 0 Å². The summed E-state index contributed by atoms with van der Waals surface area (Å²) in [6.45, 7) is 1.83. The highest BCUT2D eigenvalue weighted by molar-refractivity contribution is 6.17. The lowest BCUT2D eigenvalue weighted by Gasteiger charge is -2.40. The van der Waals surface area contributed by atoms with Gasteiger partial charge in [0.25, 0.3) is 11.8 Å². The fourth-order valence-corrected chi connectivity index (χ4v) is 4.09. The standard InChI is InChI=1S/C22H19N5O4/c1-13-24-19(31-25-13)10-11-23-18(28)12-26-20-14-6-2-3-7-15(14)22(30)27(20)17-9-5-4-8-16(17)21(26)29/h2-9,20H,10-12H2,1H3,(H,23,28). The Hall–Kier alpha value is -4.01. The number of hydrogen-bond acceptors (Lipinski definition) is 6. The van der Waals surface area contributed by atoms with E-state index in [1.165, 1.54) is 4.90 Å². The van der Waals surface area contributed by atoms with E-state index < -0.39 is 6.17 Å². The third kappa shape index (κ3) is 3.14. The van der Waals surface area contributed by atoms with Crippen LogP contribution >= 0.6 is 0 Å². The van der Waals surface area contributed by atoms with Gasteiger partial charge >= 0.3 is 0 Å². The van der Waals surface area contributed by atoms with Crippen molar-refractivity contribution in [1.82, 2.24) is 20.4 Å². The van der Waals surface area contributed by atoms with Gasteiger partial charge in [0.05, 0.1) is 11.3 Å². The first kappa shape index (κ1) is 19.0. The van der Waals surface area contributed by atoms with Crippen LogP contribution in [0.4, 0.5) is 5.69 Å². The Bertz CT molecular complexity index is 1200. The average Bonchev–Trinajstić information content (AvgIpc) is 3.32. The molecule has 1 N–H and O–H groups in total. The van der Waals surface area contributed by atoms with E-state index in [9.17, 15) is 14.4 Å². The fraction of sp³-hybridized carbons (Fsp3) is 0.227. The summed E-state index contributed by atoms with van der Waals surface area (Å²) in [7, 11) is 0. The first-order chi connectivity index (χ1) is 15.0. The summed E-state index contributed by atoms with van der Waals surface area (Å²) in [6, 6.07) is 14.2. The number of rotatable bonds is 5. The molecule has 3 aromatic rings. The number of benzene rings is 2. The number of aryl methyl sites for hydroxylation is 1. The van der Waals surface area contributed by atoms with Crippen molar-refractivity contribution in [3.63, 3.8) is 0 Å². The molecule has 1 atom stereocenters. The Balaban J connectivity index is 1.40. The SMILES string of the molecule is Cc1noc(CCNC(=O)CN2C(=O)c3ccccc3N3C(=O)c4ccccc4C23)n1. The molecule has 2 aliphatic rings. The maximum Gasteiger partial charge on any atom is 0.260 e. The van der Waals surface area contributed by atoms with Gasteiger partial charge in [0.15, 0.2) is 5.82 Å². The molecule has 3 heterocycles. The molecular formula is C22H19N5O4. The molecule has 0 bridgehead atoms. The van der Waals surface area contributed by atoms with Crippen LogP contribution in [0.2, 0.25) is 0 Å². The van der Waals surface area contributed by atoms with E-state index in [0.29, 0.717) is 47.1 Å². The average molecular weight is 417 g/mol. The lowest BCUT2D eigenvalue weighted by atomic mass is 10.0. The van der Waals surface area contributed by atoms with Crippen molar-refractivity contribution >= 4 is 23.4 Å². The van der Waals surface area contributed by atoms with Crippen molar-refractivity contribution in [2.24, 2.45) is 0 Å². The van der Waals surface area contributed by atoms with Gasteiger partial charge in [-0.3, -0.25) is 19.3 Å². The van der Waals surface area contributed by atoms with Crippen LogP contribution in [-0.4, -0.2) is 45.9 Å². The number of para-hydroxylation sites is 1. The van der Waals surface area contributed by atoms with Gasteiger partial charge in [-0.05, 0) is 25.1 Å². The number of amides is 3. The van der Waals surface area contributed by atoms with Gasteiger partial charge in [-0.2, -0.15) is 4.98 Å². The smallest absolute Gasteiger partial charge is 0.260 e. The largest absolute Gasteiger partial charge is 0.354 e. The molecule has 0 saturated heterocycles. The number of hydrogen-bond donors (Lipinski definition) is 1. The van der Waals surface area contributed by atoms with Gasteiger partial charge in [-0.25, -0.2) is 0 Å². The van der Waals surface area contributed by atoms with Gasteiger partial charge < -0.3 is 14.7 Å². The number of fused-ring (bicyclic) bond motifs is 5. The predicted octanol–water partition coefficient (Wildman–Crippen LogP) is 1.85. The molecule has 2 aliphatic heterocycles. The number of nitrogens with one attached hydrogen (secondary N) is 1. The van der Waals surface area contributed by atoms with Crippen molar-refractivity contribution in [3.05, 3.63) is 76.9 Å². The third-order valence-electron chi connectivity index (χ3n) is 5.43. The van der Waals surface area contributed by atoms with E-state index in [1.807, 2.05) is 12.1 Å². The van der Waals surface area contributed by atoms with E-state index in [0.717, 1.165) is 0 Å². The molecule has 0 aliphatic carbocycles. The molecular weight excluding hydrogens is 398 g/mol. The molecule has 0 spiro atoms. The normalized spacial score (nSPS) is 16.7. The Labute approximate surface area is 177 Å². The number of nitrogens with zero attached hydrogens (tertiary/aromatic N) is 4. The minimum absolute atomic E-state index is 0.182. The molecule has 0 fully saturated rings. The first-order valence-electron chi connectivity index (χ1n) is 9.93. The summed E-state index contributed by atoms with van der Waals surface area (Å²) in [5, 5.41) is 6.50. The summed E-state index contributed by atoms with van der Waals surface area (Å²) in [4.78, 5) is 46.2. The van der Waals surface area contributed by atoms with E-state index in [4.69, 9.17) is 4.52 Å². The Kier molecular flexibility index (Phi) is 4.50. The van der Waals surface area contributed by atoms with Crippen LogP contribution in [0, 0.1) is 6.92 Å². The van der Waals surface area contributed by atoms with Crippen molar-refractivity contribution in [2.75, 3.05) is 18.0 Å². The molecule has 2 aromatic carbocycles. The molecule has 1 unspecified atom stereocenters. The molecule has 156 valence electrons. The second kappa shape index (κ2) is 7.35. The minimum atomic E-state index is -0.657. The predicted molar refractivity (Wildman–Crippen MR) is 109 cm³/mol. The van der Waals surface area contributed by atoms with Gasteiger partial charge in [0, 0.05) is 24.1 Å². The Morgan fingerprint density at radius 1 is 1.06 bits per heavy atom. The van der Waals surface area contributed by atoms with E-state index in [2.05, 4.69) is 15.5 Å². The topological polar surface area (TPSA) is 109 Å². The van der Waals surface area contributed by atoms with Crippen LogP contribution in [-0.2, 0) is 11.2 Å². The lowest BCUT2D eigenvalue weighted by Crippen LogP contribution is -2.51. The lowest BCUT2D eigenvalue weighted by molar-refractivity contribution is -0.122. The summed E-state index contributed by atoms with van der Waals surface area (Å²) >= 11 is 0. The zero-order chi connectivity index (χ0) is 21.5. The van der Waals surface area contributed by atoms with Crippen LogP contribution < -0.4 is 10.2 Å². The monoisotopic (exact) mass is 417 g/mol. The highest BCUT2D eigenvalue weighted by Gasteiger charge is 2.47. The van der Waals surface area contributed by atoms with E-state index >= 15 is 0 Å². The van der Waals surface area contributed by atoms with Crippen LogP contribution in [0.3, 0.4) is 0 Å². The third-order valence-corrected chi connectivity index (χ3v) is 5.43. The minimum Gasteiger partial charge on any atom is -0.354 e. The molecule has 31 heavy (non-hydrogen) atoms. The summed E-state index contributed by atoms with van der Waals surface area (Å²) in [5.74, 6) is 0.160. The quantitative estimate of drug-likeness (QED) is 0.679. The fourth-order valence-electron chi connectivity index (χ4n) is 4.09. The Morgan fingerprint density at radius 2 is 1.81 bits per heavy atom. The van der Waals surface area contributed by atoms with Crippen molar-refractivity contribution in [2.45, 2.75) is 19.5 Å². The van der Waals surface area contributed by atoms with E-state index in [1.54, 1.807) is 48.2 Å². The second-order valence-electron chi connectivity index (χ2n) is 7.42. The summed E-state index contributed by atoms with van der Waals surface area (Å²) in [5.41, 5.74) is 2.20. The maximum absolute atomic E-state index is 13.3. The number of anilines is 1. The highest BCUT2D eigenvalue weighted by Crippen LogP contribution is 2.44. The Morgan fingerprint density at radius 3 is 2.58 bits per heavy atom. The number of carbonyl (C=O) groups excluding carboxylic acids is 3. The van der Waals surface area contributed by atoms with Crippen molar-refractivity contribution in [1.29, 1.82) is 0 Å². The van der Waals surface area contributed by atoms with Gasteiger partial charge in [-0.15, -0.1) is 0 Å². The van der Waals surface area contributed by atoms with Gasteiger partial charge in [0.1, 0.15) is 12.7 Å². The summed E-state index contributed by atoms with van der Waals surface area (Å²) < 4.78 is 5.04. The van der Waals surface area contributed by atoms with Crippen molar-refractivity contribution < 1.29 is 18.9 Å². The summed E-state index contributed by atoms with van der Waals surface area (Å²) in [6.07, 6.45) is -0.268. The molecule has 0 radical (unpaired) electrons. The number of aromatic nitrogens is 2. The van der Waals surface area contributed by atoms with Gasteiger partial charge in [0.2, 0.25) is 11.8 Å². The van der Waals surface area contributed by atoms with Crippen LogP contribution in [0.15, 0.2) is 53.1 Å². The van der Waals surface area contributed by atoms with Crippen LogP contribution in [0.5, 0.6) is 0 Å².